The van der Waals surface area contributed by atoms with Gasteiger partial charge in [0.1, 0.15) is 11.5 Å². The average molecular weight is 408 g/mol. The second-order valence-electron chi connectivity index (χ2n) is 7.53. The number of aromatic nitrogens is 2. The van der Waals surface area contributed by atoms with Crippen molar-refractivity contribution in [2.24, 2.45) is 11.8 Å². The molecule has 3 heterocycles. The van der Waals surface area contributed by atoms with Gasteiger partial charge in [0.2, 0.25) is 5.95 Å². The van der Waals surface area contributed by atoms with Crippen LogP contribution >= 0.6 is 0 Å². The number of rotatable bonds is 5. The lowest BCUT2D eigenvalue weighted by molar-refractivity contribution is -0.138. The fraction of sp³-hybridized carbons (Fsp3) is 0.500. The fourth-order valence-corrected chi connectivity index (χ4v) is 4.32. The summed E-state index contributed by atoms with van der Waals surface area (Å²) in [5.74, 6) is 2.84. The van der Waals surface area contributed by atoms with E-state index in [0.717, 1.165) is 62.2 Å². The van der Waals surface area contributed by atoms with Gasteiger partial charge in [-0.05, 0) is 24.0 Å². The number of hydrogen-bond acceptors (Lipinski definition) is 6. The molecule has 0 radical (unpaired) electrons. The number of benzene rings is 1. The minimum atomic E-state index is -4.42. The standard InChI is InChI=1S/C20H23F3N4O2/c1-28-17-4-3-5-18(29-2)16(17)12-26-8-13-10-27(11-14(13)9-26)19-24-6-15(7-25-19)20(21,22)23/h3-7,13-14H,8-12H2,1-2H3. The summed E-state index contributed by atoms with van der Waals surface area (Å²) >= 11 is 0. The Hall–Kier alpha value is -2.55. The van der Waals surface area contributed by atoms with E-state index in [1.807, 2.05) is 23.1 Å². The molecule has 0 saturated carbocycles. The summed E-state index contributed by atoms with van der Waals surface area (Å²) < 4.78 is 49.1. The predicted octanol–water partition coefficient (Wildman–Crippen LogP) is 3.08. The second-order valence-corrected chi connectivity index (χ2v) is 7.53. The highest BCUT2D eigenvalue weighted by Gasteiger charge is 2.41. The fourth-order valence-electron chi connectivity index (χ4n) is 4.32. The van der Waals surface area contributed by atoms with Crippen molar-refractivity contribution in [3.05, 3.63) is 41.7 Å². The van der Waals surface area contributed by atoms with Crippen LogP contribution in [-0.4, -0.2) is 55.3 Å². The first-order valence-electron chi connectivity index (χ1n) is 9.45. The van der Waals surface area contributed by atoms with Crippen LogP contribution in [0.1, 0.15) is 11.1 Å². The molecule has 1 aromatic carbocycles. The van der Waals surface area contributed by atoms with Gasteiger partial charge in [0.05, 0.1) is 25.3 Å². The van der Waals surface area contributed by atoms with Gasteiger partial charge in [0.15, 0.2) is 0 Å². The van der Waals surface area contributed by atoms with E-state index in [2.05, 4.69) is 14.9 Å². The Labute approximate surface area is 167 Å². The van der Waals surface area contributed by atoms with Gasteiger partial charge in [0.25, 0.3) is 0 Å². The van der Waals surface area contributed by atoms with Gasteiger partial charge in [-0.1, -0.05) is 6.07 Å². The molecule has 29 heavy (non-hydrogen) atoms. The van der Waals surface area contributed by atoms with Crippen molar-refractivity contribution in [1.82, 2.24) is 14.9 Å². The number of methoxy groups -OCH3 is 2. The Morgan fingerprint density at radius 2 is 1.52 bits per heavy atom. The maximum atomic E-state index is 12.7. The van der Waals surface area contributed by atoms with Crippen LogP contribution in [0.15, 0.2) is 30.6 Å². The molecule has 2 aromatic rings. The first-order valence-corrected chi connectivity index (χ1v) is 9.45. The number of likely N-dealkylation sites (tertiary alicyclic amines) is 1. The molecule has 0 amide bonds. The second kappa shape index (κ2) is 7.70. The van der Waals surface area contributed by atoms with E-state index >= 15 is 0 Å². The van der Waals surface area contributed by atoms with Gasteiger partial charge in [-0.15, -0.1) is 0 Å². The Balaban J connectivity index is 1.40. The summed E-state index contributed by atoms with van der Waals surface area (Å²) in [6, 6.07) is 5.76. The highest BCUT2D eigenvalue weighted by Crippen LogP contribution is 2.36. The van der Waals surface area contributed by atoms with E-state index < -0.39 is 11.7 Å². The van der Waals surface area contributed by atoms with Gasteiger partial charge < -0.3 is 14.4 Å². The third kappa shape index (κ3) is 3.96. The summed E-state index contributed by atoms with van der Waals surface area (Å²) in [6.07, 6.45) is -2.70. The molecule has 2 fully saturated rings. The monoisotopic (exact) mass is 408 g/mol. The van der Waals surface area contributed by atoms with Gasteiger partial charge in [0, 0.05) is 45.1 Å². The van der Waals surface area contributed by atoms with E-state index in [1.54, 1.807) is 14.2 Å². The molecule has 0 bridgehead atoms. The first-order chi connectivity index (χ1) is 13.9. The van der Waals surface area contributed by atoms with Crippen LogP contribution in [0.3, 0.4) is 0 Å². The number of anilines is 1. The van der Waals surface area contributed by atoms with E-state index in [0.29, 0.717) is 17.8 Å². The molecule has 4 rings (SSSR count). The summed E-state index contributed by atoms with van der Waals surface area (Å²) in [5.41, 5.74) is 0.206. The average Bonchev–Trinajstić information content (AvgIpc) is 3.26. The van der Waals surface area contributed by atoms with Gasteiger partial charge >= 0.3 is 6.18 Å². The Bertz CT molecular complexity index is 824. The van der Waals surface area contributed by atoms with Gasteiger partial charge in [-0.2, -0.15) is 13.2 Å². The molecule has 156 valence electrons. The zero-order valence-electron chi connectivity index (χ0n) is 16.3. The maximum absolute atomic E-state index is 12.7. The molecule has 2 atom stereocenters. The van der Waals surface area contributed by atoms with Crippen molar-refractivity contribution in [3.8, 4) is 11.5 Å². The zero-order valence-corrected chi connectivity index (χ0v) is 16.3. The zero-order chi connectivity index (χ0) is 20.6. The third-order valence-corrected chi connectivity index (χ3v) is 5.72. The van der Waals surface area contributed by atoms with Crippen LogP contribution in [0.2, 0.25) is 0 Å². The number of ether oxygens (including phenoxy) is 2. The molecule has 0 aliphatic carbocycles. The summed E-state index contributed by atoms with van der Waals surface area (Å²) in [6.45, 7) is 4.04. The van der Waals surface area contributed by atoms with Crippen LogP contribution in [-0.2, 0) is 12.7 Å². The summed E-state index contributed by atoms with van der Waals surface area (Å²) in [5, 5.41) is 0. The van der Waals surface area contributed by atoms with E-state index in [-0.39, 0.29) is 0 Å². The smallest absolute Gasteiger partial charge is 0.419 e. The Kier molecular flexibility index (Phi) is 5.24. The molecule has 9 heteroatoms. The molecule has 2 saturated heterocycles. The van der Waals surface area contributed by atoms with Crippen molar-refractivity contribution >= 4 is 5.95 Å². The van der Waals surface area contributed by atoms with Crippen molar-refractivity contribution in [1.29, 1.82) is 0 Å². The number of hydrogen-bond donors (Lipinski definition) is 0. The Morgan fingerprint density at radius 1 is 0.966 bits per heavy atom. The molecule has 6 nitrogen and oxygen atoms in total. The lowest BCUT2D eigenvalue weighted by atomic mass is 10.0. The van der Waals surface area contributed by atoms with Crippen molar-refractivity contribution in [2.45, 2.75) is 12.7 Å². The lowest BCUT2D eigenvalue weighted by Crippen LogP contribution is -2.30. The largest absolute Gasteiger partial charge is 0.496 e. The molecule has 0 spiro atoms. The van der Waals surface area contributed by atoms with Gasteiger partial charge in [-0.3, -0.25) is 4.90 Å². The van der Waals surface area contributed by atoms with Crippen LogP contribution in [0.5, 0.6) is 11.5 Å². The van der Waals surface area contributed by atoms with Crippen LogP contribution < -0.4 is 14.4 Å². The van der Waals surface area contributed by atoms with Crippen LogP contribution in [0.25, 0.3) is 0 Å². The number of fused-ring (bicyclic) bond motifs is 1. The summed E-state index contributed by atoms with van der Waals surface area (Å²) in [7, 11) is 3.30. The minimum Gasteiger partial charge on any atom is -0.496 e. The molecule has 1 aromatic heterocycles. The van der Waals surface area contributed by atoms with E-state index in [4.69, 9.17) is 9.47 Å². The predicted molar refractivity (Wildman–Crippen MR) is 101 cm³/mol. The highest BCUT2D eigenvalue weighted by molar-refractivity contribution is 5.45. The van der Waals surface area contributed by atoms with Crippen molar-refractivity contribution in [2.75, 3.05) is 45.3 Å². The molecule has 2 unspecified atom stereocenters. The SMILES string of the molecule is COc1cccc(OC)c1CN1CC2CN(c3ncc(C(F)(F)F)cn3)CC2C1. The molecule has 0 N–H and O–H groups in total. The lowest BCUT2D eigenvalue weighted by Gasteiger charge is -2.23. The van der Waals surface area contributed by atoms with Crippen LogP contribution in [0, 0.1) is 11.8 Å². The van der Waals surface area contributed by atoms with Crippen LogP contribution in [0.4, 0.5) is 19.1 Å². The highest BCUT2D eigenvalue weighted by atomic mass is 19.4. The van der Waals surface area contributed by atoms with Crippen molar-refractivity contribution in [3.63, 3.8) is 0 Å². The molecular formula is C20H23F3N4O2. The van der Waals surface area contributed by atoms with E-state index in [9.17, 15) is 13.2 Å². The normalized spacial score (nSPS) is 22.0. The Morgan fingerprint density at radius 3 is 2.00 bits per heavy atom. The quantitative estimate of drug-likeness (QED) is 0.758. The number of alkyl halides is 3. The van der Waals surface area contributed by atoms with Gasteiger partial charge in [-0.25, -0.2) is 9.97 Å². The maximum Gasteiger partial charge on any atom is 0.419 e. The topological polar surface area (TPSA) is 50.7 Å². The minimum absolute atomic E-state index is 0.366. The number of nitrogens with zero attached hydrogens (tertiary/aromatic N) is 4. The van der Waals surface area contributed by atoms with E-state index in [1.165, 1.54) is 0 Å². The first kappa shape index (κ1) is 19.8. The molecular weight excluding hydrogens is 385 g/mol. The molecule has 2 aliphatic heterocycles. The molecule has 2 aliphatic rings. The summed E-state index contributed by atoms with van der Waals surface area (Å²) in [4.78, 5) is 12.2. The van der Waals surface area contributed by atoms with Crippen molar-refractivity contribution < 1.29 is 22.6 Å². The third-order valence-electron chi connectivity index (χ3n) is 5.72. The number of halogens is 3.